The zero-order chi connectivity index (χ0) is 14.0. The Hall–Kier alpha value is -0.720. The summed E-state index contributed by atoms with van der Waals surface area (Å²) in [6.45, 7) is 2.46. The first-order chi connectivity index (χ1) is 9.06. The van der Waals surface area contributed by atoms with Crippen molar-refractivity contribution in [3.8, 4) is 5.75 Å². The molecule has 0 aliphatic heterocycles. The highest BCUT2D eigenvalue weighted by Gasteiger charge is 2.43. The molecule has 3 unspecified atom stereocenters. The maximum Gasteiger partial charge on any atom is 0.169 e. The van der Waals surface area contributed by atoms with Crippen molar-refractivity contribution >= 4 is 15.9 Å². The van der Waals surface area contributed by atoms with Gasteiger partial charge in [-0.05, 0) is 36.0 Å². The van der Waals surface area contributed by atoms with Gasteiger partial charge in [0.05, 0.1) is 4.47 Å². The van der Waals surface area contributed by atoms with E-state index in [0.29, 0.717) is 6.61 Å². The molecule has 6 heteroatoms. The monoisotopic (exact) mass is 335 g/mol. The van der Waals surface area contributed by atoms with E-state index in [1.807, 2.05) is 14.0 Å². The second-order valence-corrected chi connectivity index (χ2v) is 5.26. The molecule has 106 valence electrons. The van der Waals surface area contributed by atoms with Crippen molar-refractivity contribution in [1.29, 1.82) is 0 Å². The van der Waals surface area contributed by atoms with Crippen LogP contribution >= 0.6 is 15.9 Å². The minimum absolute atomic E-state index is 0.0330. The fourth-order valence-electron chi connectivity index (χ4n) is 2.19. The highest BCUT2D eigenvalue weighted by atomic mass is 79.9. The Balaban J connectivity index is 2.10. The Morgan fingerprint density at radius 2 is 2.16 bits per heavy atom. The number of rotatable bonds is 5. The van der Waals surface area contributed by atoms with Gasteiger partial charge in [0.15, 0.2) is 11.6 Å². The lowest BCUT2D eigenvalue weighted by atomic mass is 9.85. The van der Waals surface area contributed by atoms with Gasteiger partial charge in [0, 0.05) is 25.1 Å². The molecule has 0 saturated heterocycles. The molecule has 1 aliphatic carbocycles. The number of ether oxygens (including phenoxy) is 2. The number of benzene rings is 1. The molecule has 0 heterocycles. The minimum Gasteiger partial charge on any atom is -0.483 e. The summed E-state index contributed by atoms with van der Waals surface area (Å²) in [7, 11) is 1.85. The van der Waals surface area contributed by atoms with Gasteiger partial charge in [0.25, 0.3) is 0 Å². The predicted molar refractivity (Wildman–Crippen MR) is 71.4 cm³/mol. The van der Waals surface area contributed by atoms with E-state index in [1.54, 1.807) is 0 Å². The third kappa shape index (κ3) is 3.07. The van der Waals surface area contributed by atoms with Crippen LogP contribution in [0.3, 0.4) is 0 Å². The first kappa shape index (κ1) is 14.7. The number of nitrogens with one attached hydrogen (secondary N) is 1. The zero-order valence-corrected chi connectivity index (χ0v) is 12.3. The molecule has 1 aliphatic rings. The molecule has 0 amide bonds. The molecule has 1 aromatic carbocycles. The Bertz CT molecular complexity index is 435. The number of hydrogen-bond donors (Lipinski definition) is 1. The summed E-state index contributed by atoms with van der Waals surface area (Å²) in [5, 5.41) is 3.12. The van der Waals surface area contributed by atoms with Crippen LogP contribution in [0.15, 0.2) is 16.6 Å². The lowest BCUT2D eigenvalue weighted by Crippen LogP contribution is -2.60. The average Bonchev–Trinajstić information content (AvgIpc) is 2.33. The molecule has 1 fully saturated rings. The van der Waals surface area contributed by atoms with E-state index in [1.165, 1.54) is 6.07 Å². The van der Waals surface area contributed by atoms with Crippen LogP contribution in [0, 0.1) is 11.6 Å². The SMILES string of the molecule is CCOC1C(NC)CC1Oc1c(F)cc(F)cc1Br. The van der Waals surface area contributed by atoms with Crippen molar-refractivity contribution < 1.29 is 18.3 Å². The smallest absolute Gasteiger partial charge is 0.169 e. The summed E-state index contributed by atoms with van der Waals surface area (Å²) in [5.41, 5.74) is 0. The second kappa shape index (κ2) is 6.15. The van der Waals surface area contributed by atoms with Crippen molar-refractivity contribution in [2.45, 2.75) is 31.6 Å². The average molecular weight is 336 g/mol. The van der Waals surface area contributed by atoms with Crippen LogP contribution in [0.25, 0.3) is 0 Å². The highest BCUT2D eigenvalue weighted by Crippen LogP contribution is 2.35. The van der Waals surface area contributed by atoms with Gasteiger partial charge in [0.1, 0.15) is 18.0 Å². The molecule has 0 aromatic heterocycles. The van der Waals surface area contributed by atoms with E-state index < -0.39 is 11.6 Å². The zero-order valence-electron chi connectivity index (χ0n) is 10.8. The molecular formula is C13H16BrF2NO2. The van der Waals surface area contributed by atoms with Crippen molar-refractivity contribution in [2.75, 3.05) is 13.7 Å². The van der Waals surface area contributed by atoms with E-state index in [9.17, 15) is 8.78 Å². The van der Waals surface area contributed by atoms with Crippen molar-refractivity contribution in [1.82, 2.24) is 5.32 Å². The second-order valence-electron chi connectivity index (χ2n) is 4.41. The van der Waals surface area contributed by atoms with Gasteiger partial charge in [-0.25, -0.2) is 8.78 Å². The highest BCUT2D eigenvalue weighted by molar-refractivity contribution is 9.10. The standard InChI is InChI=1S/C13H16BrF2NO2/c1-3-18-13-10(17-2)6-11(13)19-12-8(14)4-7(15)5-9(12)16/h4-5,10-11,13,17H,3,6H2,1-2H3. The van der Waals surface area contributed by atoms with Crippen LogP contribution < -0.4 is 10.1 Å². The van der Waals surface area contributed by atoms with Crippen LogP contribution in [0.1, 0.15) is 13.3 Å². The maximum atomic E-state index is 13.7. The van der Waals surface area contributed by atoms with Gasteiger partial charge in [-0.1, -0.05) is 0 Å². The maximum absolute atomic E-state index is 13.7. The van der Waals surface area contributed by atoms with Gasteiger partial charge in [-0.15, -0.1) is 0 Å². The summed E-state index contributed by atoms with van der Waals surface area (Å²) >= 11 is 3.11. The first-order valence-corrected chi connectivity index (χ1v) is 6.96. The van der Waals surface area contributed by atoms with Gasteiger partial charge >= 0.3 is 0 Å². The normalized spacial score (nSPS) is 26.1. The molecule has 1 saturated carbocycles. The Morgan fingerprint density at radius 3 is 2.74 bits per heavy atom. The Morgan fingerprint density at radius 1 is 1.42 bits per heavy atom. The third-order valence-corrected chi connectivity index (χ3v) is 3.80. The largest absolute Gasteiger partial charge is 0.483 e. The summed E-state index contributed by atoms with van der Waals surface area (Å²) in [6, 6.07) is 2.19. The van der Waals surface area contributed by atoms with Crippen LogP contribution in [0.5, 0.6) is 5.75 Å². The molecule has 1 N–H and O–H groups in total. The molecule has 0 radical (unpaired) electrons. The molecule has 0 spiro atoms. The van der Waals surface area contributed by atoms with E-state index >= 15 is 0 Å². The Kier molecular flexibility index (Phi) is 4.76. The number of likely N-dealkylation sites (N-methyl/N-ethyl adjacent to an activating group) is 1. The summed E-state index contributed by atoms with van der Waals surface area (Å²) in [5.74, 6) is -1.32. The third-order valence-electron chi connectivity index (χ3n) is 3.21. The minimum atomic E-state index is -0.713. The van der Waals surface area contributed by atoms with Crippen LogP contribution in [0.2, 0.25) is 0 Å². The molecular weight excluding hydrogens is 320 g/mol. The van der Waals surface area contributed by atoms with E-state index in [-0.39, 0.29) is 28.5 Å². The lowest BCUT2D eigenvalue weighted by Gasteiger charge is -2.43. The van der Waals surface area contributed by atoms with Crippen molar-refractivity contribution in [2.24, 2.45) is 0 Å². The Labute approximate surface area is 119 Å². The van der Waals surface area contributed by atoms with Gasteiger partial charge in [-0.2, -0.15) is 0 Å². The summed E-state index contributed by atoms with van der Waals surface area (Å²) < 4.78 is 38.1. The van der Waals surface area contributed by atoms with Crippen LogP contribution in [0.4, 0.5) is 8.78 Å². The molecule has 3 nitrogen and oxygen atoms in total. The summed E-state index contributed by atoms with van der Waals surface area (Å²) in [6.07, 6.45) is 0.379. The first-order valence-electron chi connectivity index (χ1n) is 6.16. The molecule has 2 rings (SSSR count). The fourth-order valence-corrected chi connectivity index (χ4v) is 2.69. The van der Waals surface area contributed by atoms with Crippen molar-refractivity contribution in [3.05, 3.63) is 28.2 Å². The summed E-state index contributed by atoms with van der Waals surface area (Å²) in [4.78, 5) is 0. The quantitative estimate of drug-likeness (QED) is 0.897. The van der Waals surface area contributed by atoms with Gasteiger partial charge < -0.3 is 14.8 Å². The van der Waals surface area contributed by atoms with E-state index in [4.69, 9.17) is 9.47 Å². The number of hydrogen-bond acceptors (Lipinski definition) is 3. The molecule has 3 atom stereocenters. The molecule has 0 bridgehead atoms. The predicted octanol–water partition coefficient (Wildman–Crippen LogP) is 2.87. The topological polar surface area (TPSA) is 30.5 Å². The van der Waals surface area contributed by atoms with Crippen LogP contribution in [-0.4, -0.2) is 31.9 Å². The van der Waals surface area contributed by atoms with Crippen LogP contribution in [-0.2, 0) is 4.74 Å². The van der Waals surface area contributed by atoms with E-state index in [2.05, 4.69) is 21.2 Å². The number of halogens is 3. The van der Waals surface area contributed by atoms with Gasteiger partial charge in [-0.3, -0.25) is 0 Å². The lowest BCUT2D eigenvalue weighted by molar-refractivity contribution is -0.104. The molecule has 1 aromatic rings. The molecule has 19 heavy (non-hydrogen) atoms. The van der Waals surface area contributed by atoms with Gasteiger partial charge in [0.2, 0.25) is 0 Å². The van der Waals surface area contributed by atoms with Crippen molar-refractivity contribution in [3.63, 3.8) is 0 Å². The van der Waals surface area contributed by atoms with E-state index in [0.717, 1.165) is 12.5 Å². The fraction of sp³-hybridized carbons (Fsp3) is 0.538.